The monoisotopic (exact) mass is 388 g/mol. The lowest BCUT2D eigenvalue weighted by Gasteiger charge is -2.17. The first-order valence-electron chi connectivity index (χ1n) is 5.75. The summed E-state index contributed by atoms with van der Waals surface area (Å²) in [4.78, 5) is 25.1. The van der Waals surface area contributed by atoms with Gasteiger partial charge in [-0.1, -0.05) is 11.6 Å². The Labute approximate surface area is 138 Å². The Kier molecular flexibility index (Phi) is 4.65. The fourth-order valence-electron chi connectivity index (χ4n) is 1.77. The zero-order valence-corrected chi connectivity index (χ0v) is 14.2. The van der Waals surface area contributed by atoms with Crippen molar-refractivity contribution in [3.8, 4) is 0 Å². The molecule has 1 aromatic heterocycles. The Morgan fingerprint density at radius 1 is 1.43 bits per heavy atom. The van der Waals surface area contributed by atoms with Crippen LogP contribution in [0.1, 0.15) is 26.4 Å². The third kappa shape index (κ3) is 3.09. The second kappa shape index (κ2) is 6.13. The number of hydrogen-bond acceptors (Lipinski definition) is 4. The Balaban J connectivity index is 2.45. The van der Waals surface area contributed by atoms with Crippen molar-refractivity contribution in [3.05, 3.63) is 44.5 Å². The molecule has 1 amide bonds. The van der Waals surface area contributed by atoms with Crippen LogP contribution >= 0.6 is 39.1 Å². The zero-order valence-electron chi connectivity index (χ0n) is 11.1. The van der Waals surface area contributed by atoms with E-state index in [0.717, 1.165) is 11.5 Å². The maximum atomic E-state index is 12.5. The van der Waals surface area contributed by atoms with Crippen molar-refractivity contribution >= 4 is 55.9 Å². The van der Waals surface area contributed by atoms with Crippen LogP contribution in [0.5, 0.6) is 0 Å². The summed E-state index contributed by atoms with van der Waals surface area (Å²) >= 11 is 10.2. The lowest BCUT2D eigenvalue weighted by atomic mass is 10.2. The quantitative estimate of drug-likeness (QED) is 0.866. The predicted octanol–water partition coefficient (Wildman–Crippen LogP) is 3.84. The van der Waals surface area contributed by atoms with Crippen LogP contribution in [0.4, 0.5) is 5.00 Å². The topological polar surface area (TPSA) is 70.5 Å². The highest BCUT2D eigenvalue weighted by Crippen LogP contribution is 2.30. The second-order valence-corrected chi connectivity index (χ2v) is 6.28. The van der Waals surface area contributed by atoms with Gasteiger partial charge in [0.2, 0.25) is 0 Å². The number of hydrogen-bond donors (Lipinski definition) is 1. The molecule has 0 aliphatic carbocycles. The largest absolute Gasteiger partial charge is 0.478 e. The molecule has 1 aromatic carbocycles. The molecule has 0 radical (unpaired) electrons. The van der Waals surface area contributed by atoms with Crippen molar-refractivity contribution in [1.82, 2.24) is 4.37 Å². The van der Waals surface area contributed by atoms with Gasteiger partial charge >= 0.3 is 5.97 Å². The van der Waals surface area contributed by atoms with Crippen molar-refractivity contribution in [2.24, 2.45) is 0 Å². The second-order valence-electron chi connectivity index (χ2n) is 4.24. The van der Waals surface area contributed by atoms with Gasteiger partial charge in [0.25, 0.3) is 5.91 Å². The summed E-state index contributed by atoms with van der Waals surface area (Å²) in [6, 6.07) is 4.85. The fourth-order valence-corrected chi connectivity index (χ4v) is 3.20. The highest BCUT2D eigenvalue weighted by Gasteiger charge is 2.25. The van der Waals surface area contributed by atoms with Gasteiger partial charge in [0.1, 0.15) is 10.6 Å². The number of aromatic carboxylic acids is 1. The average Bonchev–Trinajstić information content (AvgIpc) is 2.81. The number of carbonyl (C=O) groups is 2. The van der Waals surface area contributed by atoms with E-state index < -0.39 is 5.97 Å². The van der Waals surface area contributed by atoms with Crippen molar-refractivity contribution in [2.75, 3.05) is 11.9 Å². The summed E-state index contributed by atoms with van der Waals surface area (Å²) in [6.07, 6.45) is 0. The average molecular weight is 390 g/mol. The van der Waals surface area contributed by atoms with Crippen LogP contribution in [0.2, 0.25) is 5.02 Å². The molecule has 0 unspecified atom stereocenters. The molecule has 0 saturated heterocycles. The predicted molar refractivity (Wildman–Crippen MR) is 85.7 cm³/mol. The number of carboxylic acids is 1. The molecule has 5 nitrogen and oxygen atoms in total. The standard InChI is InChI=1S/C13H10BrClN2O3S/c1-6-10(13(19)20)12(21-16-6)17(2)11(18)8-5-7(15)3-4-9(8)14/h3-5H,1-2H3,(H,19,20). The normalized spacial score (nSPS) is 10.5. The van der Waals surface area contributed by atoms with E-state index in [0.29, 0.717) is 20.8 Å². The van der Waals surface area contributed by atoms with E-state index in [-0.39, 0.29) is 16.5 Å². The number of carboxylic acid groups (broad SMARTS) is 1. The molecular formula is C13H10BrClN2O3S. The van der Waals surface area contributed by atoms with Crippen LogP contribution < -0.4 is 4.90 Å². The third-order valence-electron chi connectivity index (χ3n) is 2.83. The van der Waals surface area contributed by atoms with Gasteiger partial charge < -0.3 is 10.0 Å². The highest BCUT2D eigenvalue weighted by molar-refractivity contribution is 9.10. The van der Waals surface area contributed by atoms with E-state index in [2.05, 4.69) is 20.3 Å². The molecule has 0 bridgehead atoms. The Morgan fingerprint density at radius 3 is 2.71 bits per heavy atom. The van der Waals surface area contributed by atoms with Crippen LogP contribution in [0.3, 0.4) is 0 Å². The molecule has 1 N–H and O–H groups in total. The van der Waals surface area contributed by atoms with Gasteiger partial charge in [0.05, 0.1) is 11.3 Å². The van der Waals surface area contributed by atoms with Crippen molar-refractivity contribution in [1.29, 1.82) is 0 Å². The van der Waals surface area contributed by atoms with Crippen LogP contribution in [0, 0.1) is 6.92 Å². The first kappa shape index (κ1) is 15.9. The van der Waals surface area contributed by atoms with Crippen molar-refractivity contribution < 1.29 is 14.7 Å². The van der Waals surface area contributed by atoms with E-state index in [1.807, 2.05) is 0 Å². The van der Waals surface area contributed by atoms with E-state index in [1.54, 1.807) is 19.1 Å². The minimum Gasteiger partial charge on any atom is -0.478 e. The first-order chi connectivity index (χ1) is 9.82. The van der Waals surface area contributed by atoms with Gasteiger partial charge in [-0.25, -0.2) is 4.79 Å². The van der Waals surface area contributed by atoms with Crippen molar-refractivity contribution in [2.45, 2.75) is 6.92 Å². The maximum Gasteiger partial charge on any atom is 0.340 e. The number of halogens is 2. The maximum absolute atomic E-state index is 12.5. The van der Waals surface area contributed by atoms with Crippen molar-refractivity contribution in [3.63, 3.8) is 0 Å². The first-order valence-corrected chi connectivity index (χ1v) is 7.70. The zero-order chi connectivity index (χ0) is 15.7. The lowest BCUT2D eigenvalue weighted by molar-refractivity contribution is 0.0697. The van der Waals surface area contributed by atoms with Gasteiger partial charge in [0.15, 0.2) is 0 Å². The fraction of sp³-hybridized carbons (Fsp3) is 0.154. The molecule has 8 heteroatoms. The van der Waals surface area contributed by atoms with Crippen LogP contribution in [-0.4, -0.2) is 28.4 Å². The van der Waals surface area contributed by atoms with Crippen LogP contribution in [0.25, 0.3) is 0 Å². The molecule has 110 valence electrons. The summed E-state index contributed by atoms with van der Waals surface area (Å²) in [5, 5.41) is 9.95. The number of benzene rings is 1. The number of amides is 1. The molecule has 0 fully saturated rings. The summed E-state index contributed by atoms with van der Waals surface area (Å²) < 4.78 is 4.59. The Hall–Kier alpha value is -1.44. The Morgan fingerprint density at radius 2 is 2.10 bits per heavy atom. The summed E-state index contributed by atoms with van der Waals surface area (Å²) in [5.41, 5.74) is 0.772. The summed E-state index contributed by atoms with van der Waals surface area (Å²) in [7, 11) is 1.51. The van der Waals surface area contributed by atoms with E-state index >= 15 is 0 Å². The van der Waals surface area contributed by atoms with Gasteiger partial charge in [-0.15, -0.1) is 0 Å². The molecule has 1 heterocycles. The van der Waals surface area contributed by atoms with Crippen LogP contribution in [0.15, 0.2) is 22.7 Å². The van der Waals surface area contributed by atoms with Gasteiger partial charge in [-0.2, -0.15) is 4.37 Å². The molecule has 0 saturated carbocycles. The van der Waals surface area contributed by atoms with Gasteiger partial charge in [-0.05, 0) is 52.6 Å². The molecular weight excluding hydrogens is 380 g/mol. The molecule has 2 rings (SSSR count). The smallest absolute Gasteiger partial charge is 0.340 e. The van der Waals surface area contributed by atoms with E-state index in [9.17, 15) is 14.7 Å². The van der Waals surface area contributed by atoms with E-state index in [1.165, 1.54) is 18.0 Å². The SMILES string of the molecule is Cc1nsc(N(C)C(=O)c2cc(Cl)ccc2Br)c1C(=O)O. The molecule has 0 aliphatic heterocycles. The Bertz CT molecular complexity index is 732. The minimum atomic E-state index is -1.11. The number of carbonyl (C=O) groups excluding carboxylic acids is 1. The minimum absolute atomic E-state index is 0.0361. The molecule has 0 spiro atoms. The number of anilines is 1. The molecule has 0 atom stereocenters. The molecule has 2 aromatic rings. The number of aryl methyl sites for hydroxylation is 1. The summed E-state index contributed by atoms with van der Waals surface area (Å²) in [6.45, 7) is 1.59. The number of rotatable bonds is 3. The van der Waals surface area contributed by atoms with Crippen LogP contribution in [-0.2, 0) is 0 Å². The summed E-state index contributed by atoms with van der Waals surface area (Å²) in [5.74, 6) is -1.48. The third-order valence-corrected chi connectivity index (χ3v) is 4.77. The number of aromatic nitrogens is 1. The number of nitrogens with zero attached hydrogens (tertiary/aromatic N) is 2. The van der Waals surface area contributed by atoms with Gasteiger partial charge in [-0.3, -0.25) is 4.79 Å². The van der Waals surface area contributed by atoms with Gasteiger partial charge in [0, 0.05) is 16.5 Å². The highest BCUT2D eigenvalue weighted by atomic mass is 79.9. The molecule has 0 aliphatic rings. The molecule has 21 heavy (non-hydrogen) atoms. The van der Waals surface area contributed by atoms with E-state index in [4.69, 9.17) is 11.6 Å². The lowest BCUT2D eigenvalue weighted by Crippen LogP contribution is -2.27.